The molecule has 1 amide bonds. The van der Waals surface area contributed by atoms with E-state index in [0.717, 1.165) is 0 Å². The van der Waals surface area contributed by atoms with Gasteiger partial charge in [-0.3, -0.25) is 0 Å². The third-order valence-electron chi connectivity index (χ3n) is 2.92. The van der Waals surface area contributed by atoms with Crippen molar-refractivity contribution in [3.8, 4) is 0 Å². The van der Waals surface area contributed by atoms with E-state index in [4.69, 9.17) is 9.84 Å². The Morgan fingerprint density at radius 2 is 2.18 bits per heavy atom. The number of ether oxygens (including phenoxy) is 1. The number of carboxylic acid groups (broad SMARTS) is 1. The fourth-order valence-electron chi connectivity index (χ4n) is 2.03. The van der Waals surface area contributed by atoms with E-state index in [9.17, 15) is 9.59 Å². The molecule has 0 aliphatic carbocycles. The minimum atomic E-state index is -0.979. The lowest BCUT2D eigenvalue weighted by Crippen LogP contribution is -2.37. The maximum absolute atomic E-state index is 11.4. The zero-order valence-electron chi connectivity index (χ0n) is 9.42. The highest BCUT2D eigenvalue weighted by Crippen LogP contribution is 2.29. The van der Waals surface area contributed by atoms with Crippen LogP contribution < -0.4 is 0 Å². The van der Waals surface area contributed by atoms with Gasteiger partial charge in [-0.2, -0.15) is 0 Å². The third-order valence-corrected chi connectivity index (χ3v) is 2.92. The smallest absolute Gasteiger partial charge is 0.410 e. The van der Waals surface area contributed by atoms with Crippen molar-refractivity contribution in [3.63, 3.8) is 0 Å². The van der Waals surface area contributed by atoms with Crippen LogP contribution in [0.3, 0.4) is 0 Å². The molecule has 1 aliphatic heterocycles. The standard InChI is InChI=1S/C12H13NO4/c1-13-10(6-7-17-12(13)16)8-4-2-3-5-9(8)11(14)15/h2-5,10H,6-7H2,1H3,(H,14,15). The van der Waals surface area contributed by atoms with Gasteiger partial charge in [-0.25, -0.2) is 9.59 Å². The van der Waals surface area contributed by atoms with Gasteiger partial charge in [0.15, 0.2) is 0 Å². The predicted molar refractivity (Wildman–Crippen MR) is 59.9 cm³/mol. The van der Waals surface area contributed by atoms with Gasteiger partial charge in [-0.1, -0.05) is 18.2 Å². The third kappa shape index (κ3) is 2.08. The van der Waals surface area contributed by atoms with Crippen molar-refractivity contribution in [2.24, 2.45) is 0 Å². The van der Waals surface area contributed by atoms with Crippen LogP contribution in [-0.2, 0) is 4.74 Å². The largest absolute Gasteiger partial charge is 0.478 e. The number of hydrogen-bond donors (Lipinski definition) is 1. The summed E-state index contributed by atoms with van der Waals surface area (Å²) in [5.74, 6) is -0.979. The maximum atomic E-state index is 11.4. The molecule has 1 aliphatic rings. The lowest BCUT2D eigenvalue weighted by atomic mass is 9.96. The van der Waals surface area contributed by atoms with Gasteiger partial charge in [-0.05, 0) is 11.6 Å². The fourth-order valence-corrected chi connectivity index (χ4v) is 2.03. The molecule has 1 aromatic rings. The highest BCUT2D eigenvalue weighted by atomic mass is 16.6. The summed E-state index contributed by atoms with van der Waals surface area (Å²) in [4.78, 5) is 24.0. The van der Waals surface area contributed by atoms with Crippen molar-refractivity contribution in [2.45, 2.75) is 12.5 Å². The summed E-state index contributed by atoms with van der Waals surface area (Å²) in [6.07, 6.45) is 0.188. The number of hydrogen-bond acceptors (Lipinski definition) is 3. The molecule has 1 heterocycles. The molecular formula is C12H13NO4. The molecule has 1 aromatic carbocycles. The second-order valence-electron chi connectivity index (χ2n) is 3.92. The molecule has 0 spiro atoms. The molecule has 1 atom stereocenters. The summed E-state index contributed by atoms with van der Waals surface area (Å²) in [5.41, 5.74) is 0.887. The number of carbonyl (C=O) groups excluding carboxylic acids is 1. The summed E-state index contributed by atoms with van der Waals surface area (Å²) in [6.45, 7) is 0.321. The van der Waals surface area contributed by atoms with Crippen molar-refractivity contribution in [2.75, 3.05) is 13.7 Å². The molecule has 0 aromatic heterocycles. The van der Waals surface area contributed by atoms with Gasteiger partial charge in [0.1, 0.15) is 0 Å². The Morgan fingerprint density at radius 1 is 1.47 bits per heavy atom. The van der Waals surface area contributed by atoms with Crippen LogP contribution in [0, 0.1) is 0 Å². The van der Waals surface area contributed by atoms with Gasteiger partial charge in [0.25, 0.3) is 0 Å². The molecule has 1 fully saturated rings. The average molecular weight is 235 g/mol. The number of cyclic esters (lactones) is 1. The highest BCUT2D eigenvalue weighted by Gasteiger charge is 2.30. The number of nitrogens with zero attached hydrogens (tertiary/aromatic N) is 1. The Morgan fingerprint density at radius 3 is 2.88 bits per heavy atom. The zero-order valence-corrected chi connectivity index (χ0v) is 9.42. The lowest BCUT2D eigenvalue weighted by molar-refractivity contribution is 0.0540. The SMILES string of the molecule is CN1C(=O)OCCC1c1ccccc1C(=O)O. The van der Waals surface area contributed by atoms with E-state index in [0.29, 0.717) is 18.6 Å². The van der Waals surface area contributed by atoms with E-state index in [1.165, 1.54) is 4.90 Å². The normalized spacial score (nSPS) is 19.9. The molecule has 1 unspecified atom stereocenters. The van der Waals surface area contributed by atoms with Crippen molar-refractivity contribution >= 4 is 12.1 Å². The van der Waals surface area contributed by atoms with Crippen LogP contribution >= 0.6 is 0 Å². The first-order chi connectivity index (χ1) is 8.11. The molecule has 1 saturated heterocycles. The second-order valence-corrected chi connectivity index (χ2v) is 3.92. The first kappa shape index (κ1) is 11.4. The van der Waals surface area contributed by atoms with Crippen LogP contribution in [0.5, 0.6) is 0 Å². The average Bonchev–Trinajstić information content (AvgIpc) is 2.33. The molecule has 0 radical (unpaired) electrons. The minimum absolute atomic E-state index is 0.233. The Kier molecular flexibility index (Phi) is 2.99. The van der Waals surface area contributed by atoms with Gasteiger partial charge in [0.05, 0.1) is 18.2 Å². The topological polar surface area (TPSA) is 66.8 Å². The molecule has 0 bridgehead atoms. The van der Waals surface area contributed by atoms with E-state index in [1.807, 2.05) is 0 Å². The predicted octanol–water partition coefficient (Wildman–Crippen LogP) is 1.90. The monoisotopic (exact) mass is 235 g/mol. The quantitative estimate of drug-likeness (QED) is 0.850. The van der Waals surface area contributed by atoms with Crippen molar-refractivity contribution in [1.82, 2.24) is 4.90 Å². The molecular weight excluding hydrogens is 222 g/mol. The van der Waals surface area contributed by atoms with Gasteiger partial charge >= 0.3 is 12.1 Å². The second kappa shape index (κ2) is 4.45. The Labute approximate surface area is 98.6 Å². The summed E-state index contributed by atoms with van der Waals surface area (Å²) in [6, 6.07) is 6.50. The van der Waals surface area contributed by atoms with Crippen LogP contribution in [0.1, 0.15) is 28.4 Å². The number of rotatable bonds is 2. The molecule has 90 valence electrons. The van der Waals surface area contributed by atoms with Crippen molar-refractivity contribution in [3.05, 3.63) is 35.4 Å². The zero-order chi connectivity index (χ0) is 12.4. The fraction of sp³-hybridized carbons (Fsp3) is 0.333. The van der Waals surface area contributed by atoms with E-state index in [2.05, 4.69) is 0 Å². The van der Waals surface area contributed by atoms with Crippen LogP contribution in [0.15, 0.2) is 24.3 Å². The van der Waals surface area contributed by atoms with Gasteiger partial charge in [0, 0.05) is 13.5 Å². The Hall–Kier alpha value is -2.04. The van der Waals surface area contributed by atoms with Crippen molar-refractivity contribution in [1.29, 1.82) is 0 Å². The number of benzene rings is 1. The van der Waals surface area contributed by atoms with E-state index >= 15 is 0 Å². The van der Waals surface area contributed by atoms with Gasteiger partial charge < -0.3 is 14.7 Å². The molecule has 0 saturated carbocycles. The molecule has 17 heavy (non-hydrogen) atoms. The number of carboxylic acids is 1. The molecule has 5 heteroatoms. The summed E-state index contributed by atoms with van der Waals surface area (Å²) < 4.78 is 4.88. The van der Waals surface area contributed by atoms with Crippen LogP contribution in [-0.4, -0.2) is 35.7 Å². The molecule has 5 nitrogen and oxygen atoms in total. The molecule has 1 N–H and O–H groups in total. The lowest BCUT2D eigenvalue weighted by Gasteiger charge is -2.32. The van der Waals surface area contributed by atoms with Crippen LogP contribution in [0.4, 0.5) is 4.79 Å². The van der Waals surface area contributed by atoms with Gasteiger partial charge in [0.2, 0.25) is 0 Å². The first-order valence-corrected chi connectivity index (χ1v) is 5.33. The maximum Gasteiger partial charge on any atom is 0.410 e. The van der Waals surface area contributed by atoms with Crippen LogP contribution in [0.2, 0.25) is 0 Å². The Bertz CT molecular complexity index is 458. The van der Waals surface area contributed by atoms with E-state index in [1.54, 1.807) is 31.3 Å². The van der Waals surface area contributed by atoms with Crippen molar-refractivity contribution < 1.29 is 19.4 Å². The molecule has 2 rings (SSSR count). The minimum Gasteiger partial charge on any atom is -0.478 e. The summed E-state index contributed by atoms with van der Waals surface area (Å²) >= 11 is 0. The number of aromatic carboxylic acids is 1. The number of carbonyl (C=O) groups is 2. The number of amides is 1. The highest BCUT2D eigenvalue weighted by molar-refractivity contribution is 5.89. The Balaban J connectivity index is 2.39. The van der Waals surface area contributed by atoms with E-state index < -0.39 is 12.1 Å². The first-order valence-electron chi connectivity index (χ1n) is 5.33. The summed E-state index contributed by atoms with van der Waals surface area (Å²) in [7, 11) is 1.62. The van der Waals surface area contributed by atoms with Crippen LogP contribution in [0.25, 0.3) is 0 Å². The van der Waals surface area contributed by atoms with E-state index in [-0.39, 0.29) is 11.6 Å². The summed E-state index contributed by atoms with van der Waals surface area (Å²) in [5, 5.41) is 9.11. The van der Waals surface area contributed by atoms with Gasteiger partial charge in [-0.15, -0.1) is 0 Å².